The lowest BCUT2D eigenvalue weighted by Gasteiger charge is -2.09. The Bertz CT molecular complexity index is 412. The van der Waals surface area contributed by atoms with Gasteiger partial charge in [-0.05, 0) is 18.1 Å². The van der Waals surface area contributed by atoms with E-state index < -0.39 is 10.4 Å². The van der Waals surface area contributed by atoms with Gasteiger partial charge in [0.25, 0.3) is 0 Å². The Morgan fingerprint density at radius 3 is 2.18 bits per heavy atom. The van der Waals surface area contributed by atoms with Crippen LogP contribution in [-0.4, -0.2) is 24.1 Å². The van der Waals surface area contributed by atoms with Crippen LogP contribution >= 0.6 is 0 Å². The highest BCUT2D eigenvalue weighted by atomic mass is 32.3. The van der Waals surface area contributed by atoms with Crippen molar-refractivity contribution in [3.63, 3.8) is 0 Å². The molecular weight excluding hydrogens is 244 g/mol. The molecule has 1 aromatic carbocycles. The first-order chi connectivity index (χ1) is 7.88. The van der Waals surface area contributed by atoms with Crippen molar-refractivity contribution in [3.05, 3.63) is 29.8 Å². The van der Waals surface area contributed by atoms with E-state index in [4.69, 9.17) is 17.5 Å². The smallest absolute Gasteiger partial charge is 0.321 e. The monoisotopic (exact) mass is 262 g/mol. The van der Waals surface area contributed by atoms with Gasteiger partial charge in [-0.1, -0.05) is 32.0 Å². The summed E-state index contributed by atoms with van der Waals surface area (Å²) in [5.74, 6) is 0. The maximum Gasteiger partial charge on any atom is 0.394 e. The number of hydrogen-bond donors (Lipinski definition) is 4. The summed E-state index contributed by atoms with van der Waals surface area (Å²) in [6.45, 7) is 5.16. The first kappa shape index (κ1) is 15.9. The molecule has 0 amide bonds. The average Bonchev–Trinajstić information content (AvgIpc) is 2.24. The lowest BCUT2D eigenvalue weighted by atomic mass is 10.1. The molecule has 1 aromatic rings. The van der Waals surface area contributed by atoms with Gasteiger partial charge in [-0.2, -0.15) is 8.42 Å². The van der Waals surface area contributed by atoms with Crippen molar-refractivity contribution in [2.75, 3.05) is 12.0 Å². The van der Waals surface area contributed by atoms with Gasteiger partial charge >= 0.3 is 10.4 Å². The second kappa shape index (κ2) is 8.02. The number of benzene rings is 1. The average molecular weight is 262 g/mol. The Morgan fingerprint density at radius 2 is 1.71 bits per heavy atom. The van der Waals surface area contributed by atoms with Gasteiger partial charge in [0.1, 0.15) is 0 Å². The van der Waals surface area contributed by atoms with Crippen LogP contribution in [0.1, 0.15) is 19.4 Å². The number of aryl methyl sites for hydroxylation is 1. The van der Waals surface area contributed by atoms with E-state index in [2.05, 4.69) is 42.9 Å². The van der Waals surface area contributed by atoms with Gasteiger partial charge in [-0.15, -0.1) is 0 Å². The van der Waals surface area contributed by atoms with Gasteiger partial charge in [0, 0.05) is 6.54 Å². The first-order valence-electron chi connectivity index (χ1n) is 5.15. The molecule has 0 unspecified atom stereocenters. The van der Waals surface area contributed by atoms with Gasteiger partial charge in [0.2, 0.25) is 0 Å². The van der Waals surface area contributed by atoms with E-state index in [0.29, 0.717) is 0 Å². The van der Waals surface area contributed by atoms with Gasteiger partial charge < -0.3 is 5.43 Å². The SMILES string of the molecule is CCNNc1ccccc1CC.O=S(=O)(O)O. The summed E-state index contributed by atoms with van der Waals surface area (Å²) in [7, 11) is -4.67. The van der Waals surface area contributed by atoms with Crippen molar-refractivity contribution in [2.45, 2.75) is 20.3 Å². The molecule has 0 aliphatic heterocycles. The molecule has 0 aliphatic carbocycles. The topological polar surface area (TPSA) is 98.7 Å². The lowest BCUT2D eigenvalue weighted by Crippen LogP contribution is -2.21. The summed E-state index contributed by atoms with van der Waals surface area (Å²) in [5, 5.41) is 0. The summed E-state index contributed by atoms with van der Waals surface area (Å²) in [6, 6.07) is 8.33. The predicted molar refractivity (Wildman–Crippen MR) is 67.3 cm³/mol. The van der Waals surface area contributed by atoms with Gasteiger partial charge in [-0.3, -0.25) is 9.11 Å². The standard InChI is InChI=1S/C10H16N2.H2O4S/c1-3-9-7-5-6-8-10(9)12-11-4-2;1-5(2,3)4/h5-8,11-12H,3-4H2,1-2H3;(H2,1,2,3,4). The molecule has 7 heteroatoms. The lowest BCUT2D eigenvalue weighted by molar-refractivity contribution is 0.381. The van der Waals surface area contributed by atoms with Crippen LogP contribution in [-0.2, 0) is 16.8 Å². The molecule has 0 bridgehead atoms. The molecule has 17 heavy (non-hydrogen) atoms. The molecule has 0 radical (unpaired) electrons. The van der Waals surface area contributed by atoms with Crippen LogP contribution in [0, 0.1) is 0 Å². The van der Waals surface area contributed by atoms with E-state index in [1.54, 1.807) is 0 Å². The highest BCUT2D eigenvalue weighted by Crippen LogP contribution is 2.13. The maximum atomic E-state index is 8.74. The molecule has 0 atom stereocenters. The minimum Gasteiger partial charge on any atom is -0.321 e. The molecule has 1 rings (SSSR count). The summed E-state index contributed by atoms with van der Waals surface area (Å²) < 4.78 is 31.6. The zero-order valence-corrected chi connectivity index (χ0v) is 10.7. The van der Waals surface area contributed by atoms with Crippen LogP contribution in [0.25, 0.3) is 0 Å². The molecule has 0 saturated carbocycles. The van der Waals surface area contributed by atoms with Gasteiger partial charge in [0.05, 0.1) is 5.69 Å². The molecule has 6 nitrogen and oxygen atoms in total. The van der Waals surface area contributed by atoms with Crippen LogP contribution in [0.4, 0.5) is 5.69 Å². The van der Waals surface area contributed by atoms with E-state index in [-0.39, 0.29) is 0 Å². The van der Waals surface area contributed by atoms with E-state index in [1.165, 1.54) is 11.3 Å². The highest BCUT2D eigenvalue weighted by Gasteiger charge is 1.95. The third-order valence-electron chi connectivity index (χ3n) is 1.80. The maximum absolute atomic E-state index is 8.74. The van der Waals surface area contributed by atoms with Gasteiger partial charge in [0.15, 0.2) is 0 Å². The number of para-hydroxylation sites is 1. The van der Waals surface area contributed by atoms with Crippen LogP contribution < -0.4 is 10.9 Å². The number of anilines is 1. The fourth-order valence-corrected chi connectivity index (χ4v) is 1.13. The summed E-state index contributed by atoms with van der Waals surface area (Å²) in [4.78, 5) is 0. The molecular formula is C10H18N2O4S. The highest BCUT2D eigenvalue weighted by molar-refractivity contribution is 7.79. The molecule has 4 N–H and O–H groups in total. The molecule has 0 aromatic heterocycles. The van der Waals surface area contributed by atoms with Crippen molar-refractivity contribution in [3.8, 4) is 0 Å². The Kier molecular flexibility index (Phi) is 7.47. The Labute approximate surface area is 102 Å². The van der Waals surface area contributed by atoms with Crippen molar-refractivity contribution in [2.24, 2.45) is 0 Å². The molecule has 0 fully saturated rings. The summed E-state index contributed by atoms with van der Waals surface area (Å²) in [6.07, 6.45) is 1.06. The number of hydrazine groups is 1. The van der Waals surface area contributed by atoms with Crippen LogP contribution in [0.15, 0.2) is 24.3 Å². The van der Waals surface area contributed by atoms with E-state index in [1.807, 2.05) is 6.07 Å². The first-order valence-corrected chi connectivity index (χ1v) is 6.54. The Balaban J connectivity index is 0.000000437. The zero-order valence-electron chi connectivity index (χ0n) is 9.84. The summed E-state index contributed by atoms with van der Waals surface area (Å²) >= 11 is 0. The predicted octanol–water partition coefficient (Wildman–Crippen LogP) is 1.53. The van der Waals surface area contributed by atoms with Crippen molar-refractivity contribution >= 4 is 16.1 Å². The minimum atomic E-state index is -4.67. The van der Waals surface area contributed by atoms with Crippen LogP contribution in [0.3, 0.4) is 0 Å². The van der Waals surface area contributed by atoms with E-state index >= 15 is 0 Å². The number of hydrogen-bond acceptors (Lipinski definition) is 4. The Hall–Kier alpha value is -1.15. The minimum absolute atomic E-state index is 0.929. The van der Waals surface area contributed by atoms with E-state index in [0.717, 1.165) is 13.0 Å². The fraction of sp³-hybridized carbons (Fsp3) is 0.400. The second-order valence-electron chi connectivity index (χ2n) is 3.11. The molecule has 98 valence electrons. The Morgan fingerprint density at radius 1 is 1.18 bits per heavy atom. The normalized spacial score (nSPS) is 10.4. The summed E-state index contributed by atoms with van der Waals surface area (Å²) in [5.41, 5.74) is 8.78. The third kappa shape index (κ3) is 9.76. The largest absolute Gasteiger partial charge is 0.394 e. The van der Waals surface area contributed by atoms with Crippen molar-refractivity contribution in [1.82, 2.24) is 5.43 Å². The van der Waals surface area contributed by atoms with Crippen LogP contribution in [0.5, 0.6) is 0 Å². The quantitative estimate of drug-likeness (QED) is 0.485. The fourth-order valence-electron chi connectivity index (χ4n) is 1.13. The molecule has 0 saturated heterocycles. The second-order valence-corrected chi connectivity index (χ2v) is 4.01. The van der Waals surface area contributed by atoms with Crippen molar-refractivity contribution in [1.29, 1.82) is 0 Å². The number of rotatable bonds is 4. The number of nitrogens with one attached hydrogen (secondary N) is 2. The van der Waals surface area contributed by atoms with Gasteiger partial charge in [-0.25, -0.2) is 5.43 Å². The van der Waals surface area contributed by atoms with Crippen molar-refractivity contribution < 1.29 is 17.5 Å². The molecule has 0 aliphatic rings. The van der Waals surface area contributed by atoms with E-state index in [9.17, 15) is 0 Å². The molecule has 0 spiro atoms. The van der Waals surface area contributed by atoms with Crippen LogP contribution in [0.2, 0.25) is 0 Å². The molecule has 0 heterocycles. The zero-order chi connectivity index (χ0) is 13.3. The third-order valence-corrected chi connectivity index (χ3v) is 1.80.